The molecule has 1 N–H and O–H groups in total. The Bertz CT molecular complexity index is 1130. The number of rotatable bonds is 5. The number of carbonyl (C=O) groups is 1. The summed E-state index contributed by atoms with van der Waals surface area (Å²) in [6, 6.07) is 16.4. The third-order valence-electron chi connectivity index (χ3n) is 4.39. The zero-order chi connectivity index (χ0) is 20.4. The molecule has 6 heteroatoms. The van der Waals surface area contributed by atoms with Crippen LogP contribution in [0.4, 0.5) is 5.69 Å². The fraction of sp³-hybridized carbons (Fsp3) is 0.174. The molecule has 1 amide bonds. The van der Waals surface area contributed by atoms with E-state index in [-0.39, 0.29) is 12.0 Å². The van der Waals surface area contributed by atoms with Gasteiger partial charge >= 0.3 is 0 Å². The number of nitrogens with zero attached hydrogens (tertiary/aromatic N) is 2. The Labute approximate surface area is 168 Å². The molecule has 0 spiro atoms. The number of aryl methyl sites for hydroxylation is 1. The molecule has 0 aliphatic rings. The standard InChI is InChI=1S/C23H21N3O3/c1-14(2)28-18-10-8-16(9-11-18)22(27)25-19-13-17(7-6-15(19)3)23-26-21-20(29-23)5-4-12-24-21/h4-14H,1-3H3,(H,25,27). The first-order valence-electron chi connectivity index (χ1n) is 9.40. The Morgan fingerprint density at radius 3 is 2.62 bits per heavy atom. The molecule has 0 saturated heterocycles. The van der Waals surface area contributed by atoms with E-state index in [0.717, 1.165) is 16.9 Å². The molecule has 0 aliphatic carbocycles. The predicted molar refractivity (Wildman–Crippen MR) is 112 cm³/mol. The van der Waals surface area contributed by atoms with E-state index in [9.17, 15) is 4.79 Å². The first-order valence-corrected chi connectivity index (χ1v) is 9.40. The molecule has 0 aliphatic heterocycles. The Hall–Kier alpha value is -3.67. The average molecular weight is 387 g/mol. The van der Waals surface area contributed by atoms with Crippen molar-refractivity contribution in [3.8, 4) is 17.2 Å². The summed E-state index contributed by atoms with van der Waals surface area (Å²) in [5, 5.41) is 2.97. The molecule has 0 bridgehead atoms. The molecule has 2 aromatic heterocycles. The van der Waals surface area contributed by atoms with Crippen LogP contribution in [0, 0.1) is 6.92 Å². The Balaban J connectivity index is 1.57. The van der Waals surface area contributed by atoms with E-state index in [1.54, 1.807) is 36.5 Å². The van der Waals surface area contributed by atoms with Gasteiger partial charge in [-0.3, -0.25) is 4.79 Å². The number of fused-ring (bicyclic) bond motifs is 1. The van der Waals surface area contributed by atoms with Crippen molar-refractivity contribution in [2.24, 2.45) is 0 Å². The highest BCUT2D eigenvalue weighted by Crippen LogP contribution is 2.27. The van der Waals surface area contributed by atoms with Crippen molar-refractivity contribution < 1.29 is 13.9 Å². The normalized spacial score (nSPS) is 11.0. The summed E-state index contributed by atoms with van der Waals surface area (Å²) in [7, 11) is 0. The van der Waals surface area contributed by atoms with E-state index in [0.29, 0.717) is 28.4 Å². The Kier molecular flexibility index (Phi) is 4.99. The van der Waals surface area contributed by atoms with Gasteiger partial charge in [0.1, 0.15) is 5.75 Å². The van der Waals surface area contributed by atoms with E-state index in [1.165, 1.54) is 0 Å². The first kappa shape index (κ1) is 18.7. The minimum Gasteiger partial charge on any atom is -0.491 e. The van der Waals surface area contributed by atoms with Gasteiger partial charge < -0.3 is 14.5 Å². The molecule has 2 aromatic carbocycles. The van der Waals surface area contributed by atoms with Gasteiger partial charge in [-0.25, -0.2) is 4.98 Å². The molecule has 6 nitrogen and oxygen atoms in total. The fourth-order valence-corrected chi connectivity index (χ4v) is 2.93. The minimum absolute atomic E-state index is 0.0853. The summed E-state index contributed by atoms with van der Waals surface area (Å²) in [5.41, 5.74) is 4.14. The number of oxazole rings is 1. The van der Waals surface area contributed by atoms with Crippen LogP contribution in [0.15, 0.2) is 65.2 Å². The molecule has 4 rings (SSSR count). The van der Waals surface area contributed by atoms with Crippen LogP contribution in [0.5, 0.6) is 5.75 Å². The van der Waals surface area contributed by atoms with Gasteiger partial charge in [0.15, 0.2) is 11.2 Å². The largest absolute Gasteiger partial charge is 0.491 e. The van der Waals surface area contributed by atoms with Crippen LogP contribution in [0.25, 0.3) is 22.7 Å². The summed E-state index contributed by atoms with van der Waals surface area (Å²) in [5.74, 6) is 1.00. The molecule has 4 aromatic rings. The molecule has 0 saturated carbocycles. The molecule has 146 valence electrons. The number of amides is 1. The van der Waals surface area contributed by atoms with Crippen LogP contribution in [0.1, 0.15) is 29.8 Å². The van der Waals surface area contributed by atoms with Crippen LogP contribution in [0.2, 0.25) is 0 Å². The van der Waals surface area contributed by atoms with Crippen LogP contribution >= 0.6 is 0 Å². The third kappa shape index (κ3) is 4.11. The second-order valence-corrected chi connectivity index (χ2v) is 7.02. The molecule has 2 heterocycles. The summed E-state index contributed by atoms with van der Waals surface area (Å²) in [6.07, 6.45) is 1.76. The number of pyridine rings is 1. The van der Waals surface area contributed by atoms with Crippen LogP contribution in [-0.4, -0.2) is 22.0 Å². The van der Waals surface area contributed by atoms with Crippen LogP contribution in [-0.2, 0) is 0 Å². The van der Waals surface area contributed by atoms with Gasteiger partial charge in [0.05, 0.1) is 6.10 Å². The number of hydrogen-bond acceptors (Lipinski definition) is 5. The maximum Gasteiger partial charge on any atom is 0.255 e. The quantitative estimate of drug-likeness (QED) is 0.507. The number of anilines is 1. The number of ether oxygens (including phenoxy) is 1. The second kappa shape index (κ2) is 7.75. The lowest BCUT2D eigenvalue weighted by Gasteiger charge is -2.11. The zero-order valence-corrected chi connectivity index (χ0v) is 16.5. The van der Waals surface area contributed by atoms with E-state index in [1.807, 2.05) is 45.0 Å². The van der Waals surface area contributed by atoms with Crippen molar-refractivity contribution in [3.05, 3.63) is 71.9 Å². The highest BCUT2D eigenvalue weighted by Gasteiger charge is 2.13. The van der Waals surface area contributed by atoms with Gasteiger partial charge in [0.25, 0.3) is 5.91 Å². The van der Waals surface area contributed by atoms with E-state index < -0.39 is 0 Å². The Morgan fingerprint density at radius 1 is 1.10 bits per heavy atom. The van der Waals surface area contributed by atoms with Gasteiger partial charge in [-0.1, -0.05) is 6.07 Å². The van der Waals surface area contributed by atoms with Crippen molar-refractivity contribution in [1.82, 2.24) is 9.97 Å². The lowest BCUT2D eigenvalue weighted by molar-refractivity contribution is 0.102. The predicted octanol–water partition coefficient (Wildman–Crippen LogP) is 5.24. The first-order chi connectivity index (χ1) is 14.0. The van der Waals surface area contributed by atoms with Crippen LogP contribution in [0.3, 0.4) is 0 Å². The topological polar surface area (TPSA) is 77.3 Å². The molecule has 0 unspecified atom stereocenters. The van der Waals surface area contributed by atoms with Gasteiger partial charge in [-0.15, -0.1) is 0 Å². The number of aromatic nitrogens is 2. The number of hydrogen-bond donors (Lipinski definition) is 1. The summed E-state index contributed by atoms with van der Waals surface area (Å²) >= 11 is 0. The van der Waals surface area contributed by atoms with Gasteiger partial charge in [0.2, 0.25) is 5.89 Å². The summed E-state index contributed by atoms with van der Waals surface area (Å²) < 4.78 is 11.4. The van der Waals surface area contributed by atoms with Gasteiger partial charge in [-0.2, -0.15) is 4.98 Å². The van der Waals surface area contributed by atoms with Gasteiger partial charge in [0, 0.05) is 23.0 Å². The summed E-state index contributed by atoms with van der Waals surface area (Å²) in [4.78, 5) is 21.3. The van der Waals surface area contributed by atoms with Crippen molar-refractivity contribution in [1.29, 1.82) is 0 Å². The molecule has 0 radical (unpaired) electrons. The molecular formula is C23H21N3O3. The number of nitrogens with one attached hydrogen (secondary N) is 1. The molecule has 0 atom stereocenters. The highest BCUT2D eigenvalue weighted by atomic mass is 16.5. The monoisotopic (exact) mass is 387 g/mol. The maximum absolute atomic E-state index is 12.7. The molecular weight excluding hydrogens is 366 g/mol. The average Bonchev–Trinajstić information content (AvgIpc) is 3.14. The third-order valence-corrected chi connectivity index (χ3v) is 4.39. The number of carbonyl (C=O) groups excluding carboxylic acids is 1. The smallest absolute Gasteiger partial charge is 0.255 e. The second-order valence-electron chi connectivity index (χ2n) is 7.02. The number of benzene rings is 2. The zero-order valence-electron chi connectivity index (χ0n) is 16.5. The van der Waals surface area contributed by atoms with Crippen molar-refractivity contribution >= 4 is 22.8 Å². The highest BCUT2D eigenvalue weighted by molar-refractivity contribution is 6.05. The van der Waals surface area contributed by atoms with Crippen molar-refractivity contribution in [2.75, 3.05) is 5.32 Å². The fourth-order valence-electron chi connectivity index (χ4n) is 2.93. The minimum atomic E-state index is -0.194. The maximum atomic E-state index is 12.7. The van der Waals surface area contributed by atoms with Crippen LogP contribution < -0.4 is 10.1 Å². The van der Waals surface area contributed by atoms with Crippen molar-refractivity contribution in [3.63, 3.8) is 0 Å². The van der Waals surface area contributed by atoms with E-state index >= 15 is 0 Å². The Morgan fingerprint density at radius 2 is 1.90 bits per heavy atom. The molecule has 29 heavy (non-hydrogen) atoms. The molecule has 0 fully saturated rings. The lowest BCUT2D eigenvalue weighted by atomic mass is 10.1. The van der Waals surface area contributed by atoms with E-state index in [2.05, 4.69) is 15.3 Å². The van der Waals surface area contributed by atoms with E-state index in [4.69, 9.17) is 9.15 Å². The van der Waals surface area contributed by atoms with Crippen molar-refractivity contribution in [2.45, 2.75) is 26.9 Å². The van der Waals surface area contributed by atoms with Gasteiger partial charge in [-0.05, 0) is 74.9 Å². The summed E-state index contributed by atoms with van der Waals surface area (Å²) in [6.45, 7) is 5.86. The lowest BCUT2D eigenvalue weighted by Crippen LogP contribution is -2.13. The SMILES string of the molecule is Cc1ccc(-c2nc3ncccc3o2)cc1NC(=O)c1ccc(OC(C)C)cc1.